The number of hydrogen-bond donors (Lipinski definition) is 1. The van der Waals surface area contributed by atoms with E-state index in [1.165, 1.54) is 16.7 Å². The van der Waals surface area contributed by atoms with Crippen molar-refractivity contribution in [2.24, 2.45) is 0 Å². The van der Waals surface area contributed by atoms with E-state index in [-0.39, 0.29) is 11.5 Å². The van der Waals surface area contributed by atoms with Crippen LogP contribution in [0.3, 0.4) is 0 Å². The molecule has 0 aliphatic carbocycles. The Kier molecular flexibility index (Phi) is 7.69. The van der Waals surface area contributed by atoms with E-state index in [0.717, 1.165) is 11.1 Å². The summed E-state index contributed by atoms with van der Waals surface area (Å²) >= 11 is 7.56. The standard InChI is InChI=1S/C27H22ClN3O2S/c28-23-14-8-7-11-20(23)17-24-26(33)31(21-12-5-2-6-13-21)27(34-24)22(18-29)25(32)30-16-15-19-9-3-1-4-10-19/h1-14,24H,15-17H2,(H,30,32). The zero-order chi connectivity index (χ0) is 23.9. The minimum atomic E-state index is -0.504. The number of para-hydroxylation sites is 1. The molecule has 3 aromatic carbocycles. The van der Waals surface area contributed by atoms with Crippen LogP contribution in [0.5, 0.6) is 0 Å². The number of nitriles is 1. The summed E-state index contributed by atoms with van der Waals surface area (Å²) in [5.41, 5.74) is 2.47. The zero-order valence-corrected chi connectivity index (χ0v) is 19.9. The molecule has 0 bridgehead atoms. The number of hydrogen-bond acceptors (Lipinski definition) is 4. The lowest BCUT2D eigenvalue weighted by atomic mass is 10.1. The third kappa shape index (κ3) is 5.33. The Hall–Kier alpha value is -3.53. The highest BCUT2D eigenvalue weighted by Gasteiger charge is 2.40. The maximum Gasteiger partial charge on any atom is 0.264 e. The van der Waals surface area contributed by atoms with Gasteiger partial charge in [-0.2, -0.15) is 5.26 Å². The molecule has 1 saturated heterocycles. The molecule has 1 heterocycles. The van der Waals surface area contributed by atoms with Gasteiger partial charge in [-0.25, -0.2) is 0 Å². The number of carbonyl (C=O) groups is 2. The summed E-state index contributed by atoms with van der Waals surface area (Å²) in [5, 5.41) is 13.1. The summed E-state index contributed by atoms with van der Waals surface area (Å²) < 4.78 is 0. The van der Waals surface area contributed by atoms with Crippen LogP contribution in [0.15, 0.2) is 95.5 Å². The molecule has 1 atom stereocenters. The van der Waals surface area contributed by atoms with Gasteiger partial charge in [0.05, 0.1) is 5.25 Å². The summed E-state index contributed by atoms with van der Waals surface area (Å²) in [6.45, 7) is 0.383. The number of carbonyl (C=O) groups excluding carboxylic acids is 2. The van der Waals surface area contributed by atoms with E-state index in [2.05, 4.69) is 5.32 Å². The Morgan fingerprint density at radius 2 is 1.65 bits per heavy atom. The van der Waals surface area contributed by atoms with Crippen LogP contribution < -0.4 is 10.2 Å². The topological polar surface area (TPSA) is 73.2 Å². The molecule has 0 radical (unpaired) electrons. The number of nitrogens with one attached hydrogen (secondary N) is 1. The summed E-state index contributed by atoms with van der Waals surface area (Å²) in [4.78, 5) is 27.9. The van der Waals surface area contributed by atoms with Crippen LogP contribution in [0.1, 0.15) is 11.1 Å². The van der Waals surface area contributed by atoms with E-state index in [1.54, 1.807) is 18.2 Å². The summed E-state index contributed by atoms with van der Waals surface area (Å²) in [5.74, 6) is -0.677. The van der Waals surface area contributed by atoms with Crippen molar-refractivity contribution in [3.8, 4) is 6.07 Å². The molecule has 1 N–H and O–H groups in total. The van der Waals surface area contributed by atoms with Gasteiger partial charge in [-0.3, -0.25) is 14.5 Å². The lowest BCUT2D eigenvalue weighted by Gasteiger charge is -2.18. The molecule has 4 rings (SSSR count). The third-order valence-corrected chi connectivity index (χ3v) is 7.06. The molecule has 2 amide bonds. The first kappa shape index (κ1) is 23.6. The smallest absolute Gasteiger partial charge is 0.264 e. The molecule has 1 fully saturated rings. The summed E-state index contributed by atoms with van der Waals surface area (Å²) in [6, 6.07) is 28.3. The van der Waals surface area contributed by atoms with Gasteiger partial charge in [0.25, 0.3) is 5.91 Å². The highest BCUT2D eigenvalue weighted by Crippen LogP contribution is 2.42. The highest BCUT2D eigenvalue weighted by atomic mass is 35.5. The van der Waals surface area contributed by atoms with Gasteiger partial charge in [0.2, 0.25) is 5.91 Å². The average molecular weight is 488 g/mol. The molecular formula is C27H22ClN3O2S. The van der Waals surface area contributed by atoms with Crippen molar-refractivity contribution < 1.29 is 9.59 Å². The molecular weight excluding hydrogens is 466 g/mol. The Labute approximate surface area is 208 Å². The fourth-order valence-corrected chi connectivity index (χ4v) is 5.22. The molecule has 3 aromatic rings. The second-order valence-corrected chi connectivity index (χ2v) is 9.29. The van der Waals surface area contributed by atoms with Crippen molar-refractivity contribution in [3.05, 3.63) is 112 Å². The second-order valence-electron chi connectivity index (χ2n) is 7.69. The van der Waals surface area contributed by atoms with Gasteiger partial charge in [0.15, 0.2) is 0 Å². The quantitative estimate of drug-likeness (QED) is 0.370. The van der Waals surface area contributed by atoms with E-state index in [4.69, 9.17) is 11.6 Å². The Balaban J connectivity index is 1.61. The second kappa shape index (κ2) is 11.1. The maximum absolute atomic E-state index is 13.5. The molecule has 170 valence electrons. The number of amides is 2. The minimum Gasteiger partial charge on any atom is -0.351 e. The van der Waals surface area contributed by atoms with Crippen LogP contribution in [0.4, 0.5) is 5.69 Å². The minimum absolute atomic E-state index is 0.0723. The number of thioether (sulfide) groups is 1. The third-order valence-electron chi connectivity index (χ3n) is 5.43. The number of anilines is 1. The molecule has 1 aliphatic rings. The molecule has 7 heteroatoms. The predicted octanol–water partition coefficient (Wildman–Crippen LogP) is 5.13. The SMILES string of the molecule is N#CC(C(=O)NCCc1ccccc1)=C1SC(Cc2ccccc2Cl)C(=O)N1c1ccccc1. The van der Waals surface area contributed by atoms with E-state index in [0.29, 0.717) is 35.1 Å². The molecule has 0 spiro atoms. The highest BCUT2D eigenvalue weighted by molar-refractivity contribution is 8.05. The number of rotatable bonds is 7. The average Bonchev–Trinajstić information content (AvgIpc) is 3.17. The molecule has 1 unspecified atom stereocenters. The van der Waals surface area contributed by atoms with Gasteiger partial charge in [0, 0.05) is 17.3 Å². The van der Waals surface area contributed by atoms with Crippen LogP contribution in [0.25, 0.3) is 0 Å². The lowest BCUT2D eigenvalue weighted by Crippen LogP contribution is -2.32. The molecule has 34 heavy (non-hydrogen) atoms. The number of nitrogens with zero attached hydrogens (tertiary/aromatic N) is 2. The first-order chi connectivity index (χ1) is 16.6. The van der Waals surface area contributed by atoms with Gasteiger partial charge in [-0.15, -0.1) is 0 Å². The maximum atomic E-state index is 13.5. The Bertz CT molecular complexity index is 1260. The van der Waals surface area contributed by atoms with Crippen molar-refractivity contribution in [2.75, 3.05) is 11.4 Å². The van der Waals surface area contributed by atoms with Gasteiger partial charge >= 0.3 is 0 Å². The van der Waals surface area contributed by atoms with Crippen LogP contribution >= 0.6 is 23.4 Å². The van der Waals surface area contributed by atoms with Crippen molar-refractivity contribution in [2.45, 2.75) is 18.1 Å². The van der Waals surface area contributed by atoms with Crippen LogP contribution in [0, 0.1) is 11.3 Å². The predicted molar refractivity (Wildman–Crippen MR) is 136 cm³/mol. The van der Waals surface area contributed by atoms with Crippen molar-refractivity contribution >= 4 is 40.9 Å². The van der Waals surface area contributed by atoms with Gasteiger partial charge in [0.1, 0.15) is 16.7 Å². The lowest BCUT2D eigenvalue weighted by molar-refractivity contribution is -0.117. The van der Waals surface area contributed by atoms with E-state index in [1.807, 2.05) is 72.8 Å². The molecule has 1 aliphatic heterocycles. The zero-order valence-electron chi connectivity index (χ0n) is 18.3. The van der Waals surface area contributed by atoms with Crippen molar-refractivity contribution in [1.82, 2.24) is 5.32 Å². The fourth-order valence-electron chi connectivity index (χ4n) is 3.72. The normalized spacial score (nSPS) is 16.8. The van der Waals surface area contributed by atoms with Crippen LogP contribution in [-0.4, -0.2) is 23.6 Å². The van der Waals surface area contributed by atoms with Gasteiger partial charge < -0.3 is 5.32 Å². The van der Waals surface area contributed by atoms with E-state index >= 15 is 0 Å². The van der Waals surface area contributed by atoms with Crippen molar-refractivity contribution in [3.63, 3.8) is 0 Å². The van der Waals surface area contributed by atoms with Crippen LogP contribution in [-0.2, 0) is 22.4 Å². The number of halogens is 1. The summed E-state index contributed by atoms with van der Waals surface area (Å²) in [7, 11) is 0. The first-order valence-electron chi connectivity index (χ1n) is 10.8. The van der Waals surface area contributed by atoms with E-state index in [9.17, 15) is 14.9 Å². The van der Waals surface area contributed by atoms with Crippen molar-refractivity contribution in [1.29, 1.82) is 5.26 Å². The monoisotopic (exact) mass is 487 g/mol. The molecule has 0 saturated carbocycles. The van der Waals surface area contributed by atoms with Gasteiger partial charge in [-0.1, -0.05) is 90.1 Å². The largest absolute Gasteiger partial charge is 0.351 e. The van der Waals surface area contributed by atoms with Crippen LogP contribution in [0.2, 0.25) is 5.02 Å². The van der Waals surface area contributed by atoms with Gasteiger partial charge in [-0.05, 0) is 42.2 Å². The number of benzene rings is 3. The fraction of sp³-hybridized carbons (Fsp3) is 0.148. The molecule has 5 nitrogen and oxygen atoms in total. The van der Waals surface area contributed by atoms with E-state index < -0.39 is 11.2 Å². The Morgan fingerprint density at radius 1 is 1.00 bits per heavy atom. The molecule has 0 aromatic heterocycles. The Morgan fingerprint density at radius 3 is 2.32 bits per heavy atom. The summed E-state index contributed by atoms with van der Waals surface area (Å²) in [6.07, 6.45) is 1.04. The first-order valence-corrected chi connectivity index (χ1v) is 12.1.